The molecule has 0 saturated heterocycles. The maximum absolute atomic E-state index is 13.2. The molecule has 0 unspecified atom stereocenters. The summed E-state index contributed by atoms with van der Waals surface area (Å²) in [4.78, 5) is 13.3. The molecule has 6 nitrogen and oxygen atoms in total. The molecule has 1 atom stereocenters. The Balaban J connectivity index is 1.61. The van der Waals surface area contributed by atoms with Gasteiger partial charge in [-0.1, -0.05) is 48.5 Å². The number of hydrogen-bond donors (Lipinski definition) is 2. The number of amides is 1. The summed E-state index contributed by atoms with van der Waals surface area (Å²) >= 11 is 0. The van der Waals surface area contributed by atoms with Gasteiger partial charge in [-0.2, -0.15) is 0 Å². The summed E-state index contributed by atoms with van der Waals surface area (Å²) in [7, 11) is -3.82. The monoisotopic (exact) mass is 436 g/mol. The first-order chi connectivity index (χ1) is 14.8. The maximum Gasteiger partial charge on any atom is 0.261 e. The lowest BCUT2D eigenvalue weighted by atomic mass is 9.89. The van der Waals surface area contributed by atoms with Crippen LogP contribution in [-0.2, 0) is 10.0 Å². The number of anilines is 1. The van der Waals surface area contributed by atoms with Crippen molar-refractivity contribution in [3.05, 3.63) is 90.0 Å². The lowest BCUT2D eigenvalue weighted by Crippen LogP contribution is -2.41. The van der Waals surface area contributed by atoms with Crippen molar-refractivity contribution in [2.75, 3.05) is 4.72 Å². The zero-order valence-electron chi connectivity index (χ0n) is 17.3. The number of ether oxygens (including phenoxy) is 1. The molecule has 0 bridgehead atoms. The van der Waals surface area contributed by atoms with E-state index in [9.17, 15) is 13.2 Å². The van der Waals surface area contributed by atoms with Crippen LogP contribution >= 0.6 is 0 Å². The Morgan fingerprint density at radius 3 is 2.35 bits per heavy atom. The first-order valence-electron chi connectivity index (χ1n) is 10.0. The highest BCUT2D eigenvalue weighted by atomic mass is 32.2. The molecule has 0 aromatic heterocycles. The minimum absolute atomic E-state index is 0.130. The number of sulfonamides is 1. The van der Waals surface area contributed by atoms with Gasteiger partial charge in [-0.3, -0.25) is 9.52 Å². The zero-order chi connectivity index (χ0) is 22.1. The largest absolute Gasteiger partial charge is 0.487 e. The van der Waals surface area contributed by atoms with Crippen LogP contribution in [0.1, 0.15) is 42.2 Å². The standard InChI is InChI=1S/C24H24N2O4S/c1-24(2)16-21(18-12-7-9-15-22(18)30-24)25-23(27)19-13-6-8-14-20(19)26-31(28,29)17-10-4-3-5-11-17/h3-15,21,26H,16H2,1-2H3,(H,25,27)/t21-/m1/s1. The molecule has 3 aromatic carbocycles. The van der Waals surface area contributed by atoms with Crippen LogP contribution in [0.5, 0.6) is 5.75 Å². The van der Waals surface area contributed by atoms with E-state index in [0.29, 0.717) is 6.42 Å². The van der Waals surface area contributed by atoms with Gasteiger partial charge in [0.2, 0.25) is 0 Å². The lowest BCUT2D eigenvalue weighted by molar-refractivity contribution is 0.0620. The predicted octanol–water partition coefficient (Wildman–Crippen LogP) is 4.52. The van der Waals surface area contributed by atoms with Crippen LogP contribution in [0.25, 0.3) is 0 Å². The van der Waals surface area contributed by atoms with E-state index in [0.717, 1.165) is 11.3 Å². The first-order valence-corrected chi connectivity index (χ1v) is 11.5. The van der Waals surface area contributed by atoms with Gasteiger partial charge in [0.1, 0.15) is 11.4 Å². The number of carbonyl (C=O) groups is 1. The number of para-hydroxylation sites is 2. The van der Waals surface area contributed by atoms with Crippen molar-refractivity contribution in [3.8, 4) is 5.75 Å². The van der Waals surface area contributed by atoms with E-state index in [1.165, 1.54) is 12.1 Å². The lowest BCUT2D eigenvalue weighted by Gasteiger charge is -2.38. The third kappa shape index (κ3) is 4.56. The number of benzene rings is 3. The smallest absolute Gasteiger partial charge is 0.261 e. The molecule has 0 radical (unpaired) electrons. The minimum atomic E-state index is -3.82. The van der Waals surface area contributed by atoms with Crippen molar-refractivity contribution in [3.63, 3.8) is 0 Å². The summed E-state index contributed by atoms with van der Waals surface area (Å²) in [5.74, 6) is 0.381. The molecule has 0 saturated carbocycles. The molecule has 0 spiro atoms. The number of nitrogens with one attached hydrogen (secondary N) is 2. The van der Waals surface area contributed by atoms with E-state index in [1.54, 1.807) is 42.5 Å². The van der Waals surface area contributed by atoms with Gasteiger partial charge in [-0.05, 0) is 44.2 Å². The van der Waals surface area contributed by atoms with Gasteiger partial charge >= 0.3 is 0 Å². The fourth-order valence-electron chi connectivity index (χ4n) is 3.74. The quantitative estimate of drug-likeness (QED) is 0.616. The molecule has 1 aliphatic heterocycles. The summed E-state index contributed by atoms with van der Waals surface area (Å²) in [5.41, 5.74) is 0.936. The van der Waals surface area contributed by atoms with Gasteiger partial charge in [0.15, 0.2) is 0 Å². The van der Waals surface area contributed by atoms with Crippen molar-refractivity contribution in [2.24, 2.45) is 0 Å². The summed E-state index contributed by atoms with van der Waals surface area (Å²) in [5, 5.41) is 3.06. The summed E-state index contributed by atoms with van der Waals surface area (Å²) in [6, 6.07) is 22.0. The number of fused-ring (bicyclic) bond motifs is 1. The van der Waals surface area contributed by atoms with Gasteiger partial charge in [0.05, 0.1) is 22.2 Å². The Morgan fingerprint density at radius 2 is 1.58 bits per heavy atom. The highest BCUT2D eigenvalue weighted by molar-refractivity contribution is 7.92. The molecule has 1 aliphatic rings. The second kappa shape index (κ2) is 8.07. The summed E-state index contributed by atoms with van der Waals surface area (Å²) in [6.07, 6.45) is 0.591. The Bertz CT molecular complexity index is 1210. The van der Waals surface area contributed by atoms with Crippen molar-refractivity contribution in [1.29, 1.82) is 0 Å². The topological polar surface area (TPSA) is 84.5 Å². The molecule has 4 rings (SSSR count). The number of carbonyl (C=O) groups excluding carboxylic acids is 1. The van der Waals surface area contributed by atoms with Crippen molar-refractivity contribution in [2.45, 2.75) is 36.8 Å². The van der Waals surface area contributed by atoms with Gasteiger partial charge in [-0.25, -0.2) is 8.42 Å². The predicted molar refractivity (Wildman–Crippen MR) is 120 cm³/mol. The van der Waals surface area contributed by atoms with Crippen molar-refractivity contribution in [1.82, 2.24) is 5.32 Å². The SMILES string of the molecule is CC1(C)C[C@@H](NC(=O)c2ccccc2NS(=O)(=O)c2ccccc2)c2ccccc2O1. The highest BCUT2D eigenvalue weighted by Crippen LogP contribution is 2.39. The second-order valence-electron chi connectivity index (χ2n) is 8.09. The molecule has 7 heteroatoms. The molecule has 3 aromatic rings. The van der Waals surface area contributed by atoms with Crippen molar-refractivity contribution < 1.29 is 17.9 Å². The van der Waals surface area contributed by atoms with Gasteiger partial charge in [0.25, 0.3) is 15.9 Å². The molecule has 0 fully saturated rings. The maximum atomic E-state index is 13.2. The Kier molecular flexibility index (Phi) is 5.45. The molecular weight excluding hydrogens is 412 g/mol. The Hall–Kier alpha value is -3.32. The normalized spacial score (nSPS) is 17.2. The van der Waals surface area contributed by atoms with Crippen LogP contribution in [0, 0.1) is 0 Å². The van der Waals surface area contributed by atoms with E-state index in [1.807, 2.05) is 38.1 Å². The average molecular weight is 437 g/mol. The van der Waals surface area contributed by atoms with E-state index in [-0.39, 0.29) is 28.1 Å². The van der Waals surface area contributed by atoms with Gasteiger partial charge in [0, 0.05) is 12.0 Å². The van der Waals surface area contributed by atoms with Crippen LogP contribution in [0.3, 0.4) is 0 Å². The van der Waals surface area contributed by atoms with Crippen LogP contribution < -0.4 is 14.8 Å². The van der Waals surface area contributed by atoms with Gasteiger partial charge < -0.3 is 10.1 Å². The molecule has 2 N–H and O–H groups in total. The molecule has 1 amide bonds. The first kappa shape index (κ1) is 20.9. The van der Waals surface area contributed by atoms with Crippen LogP contribution in [-0.4, -0.2) is 19.9 Å². The van der Waals surface area contributed by atoms with E-state index in [4.69, 9.17) is 4.74 Å². The van der Waals surface area contributed by atoms with Gasteiger partial charge in [-0.15, -0.1) is 0 Å². The second-order valence-corrected chi connectivity index (χ2v) is 9.78. The third-order valence-corrected chi connectivity index (χ3v) is 6.53. The molecule has 160 valence electrons. The van der Waals surface area contributed by atoms with Crippen LogP contribution in [0.2, 0.25) is 0 Å². The fourth-order valence-corrected chi connectivity index (χ4v) is 4.84. The Labute approximate surface area is 182 Å². The third-order valence-electron chi connectivity index (χ3n) is 5.15. The fraction of sp³-hybridized carbons (Fsp3) is 0.208. The number of hydrogen-bond acceptors (Lipinski definition) is 4. The van der Waals surface area contributed by atoms with E-state index < -0.39 is 15.6 Å². The Morgan fingerprint density at radius 1 is 0.935 bits per heavy atom. The average Bonchev–Trinajstić information content (AvgIpc) is 2.73. The van der Waals surface area contributed by atoms with E-state index in [2.05, 4.69) is 10.0 Å². The van der Waals surface area contributed by atoms with E-state index >= 15 is 0 Å². The van der Waals surface area contributed by atoms with Crippen LogP contribution in [0.4, 0.5) is 5.69 Å². The zero-order valence-corrected chi connectivity index (χ0v) is 18.1. The summed E-state index contributed by atoms with van der Waals surface area (Å²) in [6.45, 7) is 3.95. The van der Waals surface area contributed by atoms with Crippen molar-refractivity contribution >= 4 is 21.6 Å². The highest BCUT2D eigenvalue weighted by Gasteiger charge is 2.34. The molecule has 0 aliphatic carbocycles. The summed E-state index contributed by atoms with van der Waals surface area (Å²) < 4.78 is 34.1. The molecule has 31 heavy (non-hydrogen) atoms. The van der Waals surface area contributed by atoms with Crippen LogP contribution in [0.15, 0.2) is 83.8 Å². The minimum Gasteiger partial charge on any atom is -0.487 e. The number of rotatable bonds is 5. The molecular formula is C24H24N2O4S. The molecule has 1 heterocycles.